The van der Waals surface area contributed by atoms with Crippen molar-refractivity contribution in [2.24, 2.45) is 0 Å². The van der Waals surface area contributed by atoms with E-state index in [4.69, 9.17) is 10.5 Å². The van der Waals surface area contributed by atoms with Crippen molar-refractivity contribution in [1.29, 1.82) is 0 Å². The molecular weight excluding hydrogens is 230 g/mol. The van der Waals surface area contributed by atoms with Gasteiger partial charge in [-0.25, -0.2) is 0 Å². The predicted octanol–water partition coefficient (Wildman–Crippen LogP) is 1.22. The second kappa shape index (κ2) is 4.86. The molecule has 18 heavy (non-hydrogen) atoms. The van der Waals surface area contributed by atoms with Gasteiger partial charge in [0.25, 0.3) is 5.91 Å². The molecule has 1 fully saturated rings. The number of amides is 1. The molecule has 1 aromatic carbocycles. The standard InChI is InChI=1S/C13H19N3O2/c1-13(5-6-18-8-13)16-11-7-9(14)3-4-10(11)12(17)15-2/h3-4,7,16H,5-6,8,14H2,1-2H3,(H,15,17). The fourth-order valence-corrected chi connectivity index (χ4v) is 2.09. The van der Waals surface area contributed by atoms with E-state index in [1.165, 1.54) is 0 Å². The number of nitrogens with one attached hydrogen (secondary N) is 2. The number of ether oxygens (including phenoxy) is 1. The predicted molar refractivity (Wildman–Crippen MR) is 71.7 cm³/mol. The molecule has 1 atom stereocenters. The first-order valence-electron chi connectivity index (χ1n) is 6.02. The van der Waals surface area contributed by atoms with Gasteiger partial charge in [0.2, 0.25) is 0 Å². The van der Waals surface area contributed by atoms with E-state index < -0.39 is 0 Å². The summed E-state index contributed by atoms with van der Waals surface area (Å²) in [5.41, 5.74) is 7.62. The SMILES string of the molecule is CNC(=O)c1ccc(N)cc1NC1(C)CCOC1. The van der Waals surface area contributed by atoms with E-state index in [-0.39, 0.29) is 11.4 Å². The Kier molecular flexibility index (Phi) is 3.43. The first kappa shape index (κ1) is 12.7. The minimum atomic E-state index is -0.142. The number of carbonyl (C=O) groups excluding carboxylic acids is 1. The van der Waals surface area contributed by atoms with Crippen molar-refractivity contribution < 1.29 is 9.53 Å². The van der Waals surface area contributed by atoms with Crippen LogP contribution in [0.25, 0.3) is 0 Å². The Balaban J connectivity index is 2.30. The van der Waals surface area contributed by atoms with Crippen LogP contribution in [-0.4, -0.2) is 31.7 Å². The number of nitrogen functional groups attached to an aromatic ring is 1. The van der Waals surface area contributed by atoms with E-state index in [9.17, 15) is 4.79 Å². The lowest BCUT2D eigenvalue weighted by atomic mass is 10.00. The van der Waals surface area contributed by atoms with E-state index >= 15 is 0 Å². The first-order chi connectivity index (χ1) is 8.54. The largest absolute Gasteiger partial charge is 0.399 e. The monoisotopic (exact) mass is 249 g/mol. The molecule has 1 aromatic rings. The number of hydrogen-bond donors (Lipinski definition) is 3. The lowest BCUT2D eigenvalue weighted by Crippen LogP contribution is -2.36. The maximum absolute atomic E-state index is 11.8. The van der Waals surface area contributed by atoms with Crippen LogP contribution in [0.4, 0.5) is 11.4 Å². The summed E-state index contributed by atoms with van der Waals surface area (Å²) in [5, 5.41) is 6.00. The molecule has 4 N–H and O–H groups in total. The third-order valence-electron chi connectivity index (χ3n) is 3.17. The van der Waals surface area contributed by atoms with Crippen molar-refractivity contribution in [3.05, 3.63) is 23.8 Å². The molecule has 1 unspecified atom stereocenters. The van der Waals surface area contributed by atoms with Crippen LogP contribution < -0.4 is 16.4 Å². The number of rotatable bonds is 3. The van der Waals surface area contributed by atoms with Crippen molar-refractivity contribution in [3.8, 4) is 0 Å². The normalized spacial score (nSPS) is 22.8. The van der Waals surface area contributed by atoms with Gasteiger partial charge in [-0.3, -0.25) is 4.79 Å². The van der Waals surface area contributed by atoms with E-state index in [2.05, 4.69) is 17.6 Å². The Morgan fingerprint density at radius 2 is 2.28 bits per heavy atom. The molecular formula is C13H19N3O2. The molecule has 1 amide bonds. The maximum atomic E-state index is 11.8. The Hall–Kier alpha value is -1.75. The van der Waals surface area contributed by atoms with Gasteiger partial charge in [-0.15, -0.1) is 0 Å². The first-order valence-corrected chi connectivity index (χ1v) is 6.02. The van der Waals surface area contributed by atoms with Crippen molar-refractivity contribution in [1.82, 2.24) is 5.32 Å². The van der Waals surface area contributed by atoms with Gasteiger partial charge in [0.05, 0.1) is 17.7 Å². The fourth-order valence-electron chi connectivity index (χ4n) is 2.09. The highest BCUT2D eigenvalue weighted by Gasteiger charge is 2.30. The van der Waals surface area contributed by atoms with Crippen LogP contribution in [0.2, 0.25) is 0 Å². The summed E-state index contributed by atoms with van der Waals surface area (Å²) in [6.07, 6.45) is 0.912. The number of hydrogen-bond acceptors (Lipinski definition) is 4. The fraction of sp³-hybridized carbons (Fsp3) is 0.462. The molecule has 0 aliphatic carbocycles. The minimum Gasteiger partial charge on any atom is -0.399 e. The van der Waals surface area contributed by atoms with Crippen LogP contribution in [0.15, 0.2) is 18.2 Å². The highest BCUT2D eigenvalue weighted by Crippen LogP contribution is 2.27. The van der Waals surface area contributed by atoms with E-state index in [0.29, 0.717) is 17.9 Å². The van der Waals surface area contributed by atoms with Gasteiger partial charge >= 0.3 is 0 Å². The zero-order valence-corrected chi connectivity index (χ0v) is 10.7. The van der Waals surface area contributed by atoms with Crippen molar-refractivity contribution in [2.75, 3.05) is 31.3 Å². The average Bonchev–Trinajstić information content (AvgIpc) is 2.75. The second-order valence-electron chi connectivity index (χ2n) is 4.87. The third-order valence-corrected chi connectivity index (χ3v) is 3.17. The molecule has 0 spiro atoms. The van der Waals surface area contributed by atoms with Crippen molar-refractivity contribution in [3.63, 3.8) is 0 Å². The number of carbonyl (C=O) groups is 1. The summed E-state index contributed by atoms with van der Waals surface area (Å²) in [6.45, 7) is 3.45. The summed E-state index contributed by atoms with van der Waals surface area (Å²) >= 11 is 0. The maximum Gasteiger partial charge on any atom is 0.253 e. The molecule has 0 aromatic heterocycles. The molecule has 1 saturated heterocycles. The average molecular weight is 249 g/mol. The molecule has 1 aliphatic heterocycles. The summed E-state index contributed by atoms with van der Waals surface area (Å²) in [4.78, 5) is 11.8. The Bertz CT molecular complexity index is 454. The summed E-state index contributed by atoms with van der Waals surface area (Å²) in [6, 6.07) is 5.24. The van der Waals surface area contributed by atoms with Crippen molar-refractivity contribution in [2.45, 2.75) is 18.9 Å². The summed E-state index contributed by atoms with van der Waals surface area (Å²) < 4.78 is 5.39. The molecule has 1 heterocycles. The zero-order valence-electron chi connectivity index (χ0n) is 10.7. The molecule has 2 rings (SSSR count). The minimum absolute atomic E-state index is 0.125. The Morgan fingerprint density at radius 3 is 2.89 bits per heavy atom. The van der Waals surface area contributed by atoms with Gasteiger partial charge in [-0.2, -0.15) is 0 Å². The zero-order chi connectivity index (χ0) is 13.2. The highest BCUT2D eigenvalue weighted by atomic mass is 16.5. The van der Waals surface area contributed by atoms with Gasteiger partial charge in [0.15, 0.2) is 0 Å². The lowest BCUT2D eigenvalue weighted by molar-refractivity contribution is 0.0963. The van der Waals surface area contributed by atoms with Crippen LogP contribution in [0.5, 0.6) is 0 Å². The quantitative estimate of drug-likeness (QED) is 0.704. The van der Waals surface area contributed by atoms with Crippen LogP contribution in [0, 0.1) is 0 Å². The summed E-state index contributed by atoms with van der Waals surface area (Å²) in [7, 11) is 1.61. The van der Waals surface area contributed by atoms with E-state index in [0.717, 1.165) is 18.7 Å². The molecule has 0 radical (unpaired) electrons. The Labute approximate surface area is 107 Å². The van der Waals surface area contributed by atoms with Crippen LogP contribution >= 0.6 is 0 Å². The van der Waals surface area contributed by atoms with Crippen LogP contribution in [-0.2, 0) is 4.74 Å². The van der Waals surface area contributed by atoms with E-state index in [1.54, 1.807) is 25.2 Å². The highest BCUT2D eigenvalue weighted by molar-refractivity contribution is 6.00. The Morgan fingerprint density at radius 1 is 1.50 bits per heavy atom. The van der Waals surface area contributed by atoms with Gasteiger partial charge in [-0.1, -0.05) is 0 Å². The van der Waals surface area contributed by atoms with Gasteiger partial charge in [0.1, 0.15) is 0 Å². The summed E-state index contributed by atoms with van der Waals surface area (Å²) in [5.74, 6) is -0.125. The number of benzene rings is 1. The topological polar surface area (TPSA) is 76.4 Å². The molecule has 98 valence electrons. The van der Waals surface area contributed by atoms with Crippen molar-refractivity contribution >= 4 is 17.3 Å². The van der Waals surface area contributed by atoms with E-state index in [1.807, 2.05) is 0 Å². The number of anilines is 2. The molecule has 5 heteroatoms. The van der Waals surface area contributed by atoms with Crippen LogP contribution in [0.1, 0.15) is 23.7 Å². The van der Waals surface area contributed by atoms with Gasteiger partial charge in [-0.05, 0) is 31.5 Å². The molecule has 0 saturated carbocycles. The molecule has 0 bridgehead atoms. The second-order valence-corrected chi connectivity index (χ2v) is 4.87. The lowest BCUT2D eigenvalue weighted by Gasteiger charge is -2.26. The smallest absolute Gasteiger partial charge is 0.253 e. The van der Waals surface area contributed by atoms with Gasteiger partial charge < -0.3 is 21.1 Å². The third kappa shape index (κ3) is 2.56. The number of nitrogens with two attached hydrogens (primary N) is 1. The molecule has 1 aliphatic rings. The van der Waals surface area contributed by atoms with Crippen LogP contribution in [0.3, 0.4) is 0 Å². The van der Waals surface area contributed by atoms with Gasteiger partial charge in [0, 0.05) is 25.0 Å². The molecule has 5 nitrogen and oxygen atoms in total.